The number of benzene rings is 9. The van der Waals surface area contributed by atoms with E-state index in [4.69, 9.17) is 49.0 Å². The van der Waals surface area contributed by atoms with E-state index in [1.165, 1.54) is 25.1 Å². The molecule has 9 rings (SSSR count). The molecule has 78 heavy (non-hydrogen) atoms. The SMILES string of the molecule is CC(=O)Oc1cc(Cc2c(Oc3ccc(Cl)c(Cl)c3)ccc([C](Cc3ccc(C#Cc4ccccc4)cc3)Cc3ccc(OCc4c(F)cccc4Cl)cc3)c2Cc2ccc([N+](=O)[O-])cc2)ccc1C(C)(C)c1ccccc1. The first-order valence-electron chi connectivity index (χ1n) is 25.2. The molecule has 7 nitrogen and oxygen atoms in total. The molecule has 0 bridgehead atoms. The molecule has 0 amide bonds. The summed E-state index contributed by atoms with van der Waals surface area (Å²) in [6.45, 7) is 5.55. The number of esters is 1. The zero-order valence-corrected chi connectivity index (χ0v) is 45.3. The molecule has 389 valence electrons. The molecule has 0 unspecified atom stereocenters. The van der Waals surface area contributed by atoms with Crippen molar-refractivity contribution >= 4 is 46.5 Å². The number of nitro groups is 1. The van der Waals surface area contributed by atoms with E-state index < -0.39 is 22.1 Å². The van der Waals surface area contributed by atoms with Crippen LogP contribution in [0.2, 0.25) is 15.1 Å². The Balaban J connectivity index is 1.18. The van der Waals surface area contributed by atoms with Crippen LogP contribution in [0.25, 0.3) is 0 Å². The highest BCUT2D eigenvalue weighted by Gasteiger charge is 2.29. The predicted octanol–water partition coefficient (Wildman–Crippen LogP) is 17.3. The highest BCUT2D eigenvalue weighted by molar-refractivity contribution is 6.42. The first-order chi connectivity index (χ1) is 37.7. The summed E-state index contributed by atoms with van der Waals surface area (Å²) < 4.78 is 33.6. The summed E-state index contributed by atoms with van der Waals surface area (Å²) >= 11 is 19.3. The van der Waals surface area contributed by atoms with Gasteiger partial charge in [-0.05, 0) is 131 Å². The zero-order valence-electron chi connectivity index (χ0n) is 43.0. The van der Waals surface area contributed by atoms with Crippen molar-refractivity contribution in [3.05, 3.63) is 304 Å². The van der Waals surface area contributed by atoms with E-state index in [-0.39, 0.29) is 22.9 Å². The van der Waals surface area contributed by atoms with Crippen molar-refractivity contribution in [2.75, 3.05) is 0 Å². The van der Waals surface area contributed by atoms with E-state index in [0.717, 1.165) is 67.1 Å². The van der Waals surface area contributed by atoms with Crippen molar-refractivity contribution in [1.82, 2.24) is 0 Å². The van der Waals surface area contributed by atoms with Gasteiger partial charge in [0.25, 0.3) is 5.69 Å². The fraction of sp³-hybridized carbons (Fsp3) is 0.134. The number of non-ortho nitro benzene ring substituents is 1. The molecule has 0 aliphatic heterocycles. The average Bonchev–Trinajstić information content (AvgIpc) is 3.46. The third-order valence-electron chi connectivity index (χ3n) is 13.5. The molecule has 11 heteroatoms. The second-order valence-corrected chi connectivity index (χ2v) is 20.6. The molecule has 0 N–H and O–H groups in total. The van der Waals surface area contributed by atoms with Crippen molar-refractivity contribution in [2.45, 2.75) is 58.5 Å². The number of nitrogens with zero attached hydrogens (tertiary/aromatic N) is 1. The minimum Gasteiger partial charge on any atom is -0.489 e. The molecule has 9 aromatic carbocycles. The van der Waals surface area contributed by atoms with Crippen LogP contribution in [0.15, 0.2) is 200 Å². The van der Waals surface area contributed by atoms with Gasteiger partial charge in [0.15, 0.2) is 0 Å². The molecule has 0 atom stereocenters. The molecule has 0 fully saturated rings. The van der Waals surface area contributed by atoms with E-state index >= 15 is 0 Å². The van der Waals surface area contributed by atoms with Crippen molar-refractivity contribution in [1.29, 1.82) is 0 Å². The van der Waals surface area contributed by atoms with Crippen molar-refractivity contribution in [2.24, 2.45) is 0 Å². The summed E-state index contributed by atoms with van der Waals surface area (Å²) in [5.74, 6) is 8.68. The van der Waals surface area contributed by atoms with Crippen LogP contribution in [0.5, 0.6) is 23.0 Å². The van der Waals surface area contributed by atoms with Crippen LogP contribution in [0, 0.1) is 33.7 Å². The first-order valence-corrected chi connectivity index (χ1v) is 26.3. The summed E-state index contributed by atoms with van der Waals surface area (Å²) in [6.07, 6.45) is 1.68. The van der Waals surface area contributed by atoms with Gasteiger partial charge in [-0.3, -0.25) is 14.9 Å². The Hall–Kier alpha value is -8.19. The van der Waals surface area contributed by atoms with E-state index in [2.05, 4.69) is 62.1 Å². The highest BCUT2D eigenvalue weighted by Crippen LogP contribution is 2.42. The maximum Gasteiger partial charge on any atom is 0.308 e. The van der Waals surface area contributed by atoms with Crippen LogP contribution < -0.4 is 14.2 Å². The number of rotatable bonds is 18. The van der Waals surface area contributed by atoms with E-state index in [0.29, 0.717) is 58.7 Å². The number of carbonyl (C=O) groups is 1. The third-order valence-corrected chi connectivity index (χ3v) is 14.6. The van der Waals surface area contributed by atoms with Gasteiger partial charge in [-0.15, -0.1) is 0 Å². The maximum absolute atomic E-state index is 14.7. The molecule has 0 saturated heterocycles. The Bertz CT molecular complexity index is 3630. The Kier molecular flexibility index (Phi) is 17.4. The van der Waals surface area contributed by atoms with Crippen LogP contribution >= 0.6 is 34.8 Å². The predicted molar refractivity (Wildman–Crippen MR) is 309 cm³/mol. The number of nitro benzene ring substituents is 1. The molecule has 0 saturated carbocycles. The van der Waals surface area contributed by atoms with Gasteiger partial charge in [0.1, 0.15) is 35.4 Å². The molecule has 0 spiro atoms. The van der Waals surface area contributed by atoms with Gasteiger partial charge in [0.05, 0.1) is 20.0 Å². The zero-order chi connectivity index (χ0) is 54.8. The summed E-state index contributed by atoms with van der Waals surface area (Å²) in [5, 5.41) is 12.9. The quantitative estimate of drug-likeness (QED) is 0.0280. The molecule has 0 heterocycles. The average molecular weight is 1090 g/mol. The lowest BCUT2D eigenvalue weighted by molar-refractivity contribution is -0.384. The van der Waals surface area contributed by atoms with Gasteiger partial charge in [0, 0.05) is 70.7 Å². The van der Waals surface area contributed by atoms with Gasteiger partial charge in [-0.1, -0.05) is 170 Å². The van der Waals surface area contributed by atoms with Gasteiger partial charge < -0.3 is 14.2 Å². The van der Waals surface area contributed by atoms with E-state index in [1.807, 2.05) is 103 Å². The van der Waals surface area contributed by atoms with Crippen molar-refractivity contribution < 1.29 is 28.3 Å². The molecule has 9 aromatic rings. The summed E-state index contributed by atoms with van der Waals surface area (Å²) in [6, 6.07) is 62.1. The third kappa shape index (κ3) is 13.7. The Labute approximate surface area is 469 Å². The number of halogens is 4. The number of hydrogen-bond acceptors (Lipinski definition) is 6. The molecule has 0 aliphatic carbocycles. The van der Waals surface area contributed by atoms with Gasteiger partial charge in [-0.25, -0.2) is 4.39 Å². The second-order valence-electron chi connectivity index (χ2n) is 19.3. The minimum atomic E-state index is -0.540. The minimum absolute atomic E-state index is 0.0269. The fourth-order valence-electron chi connectivity index (χ4n) is 9.39. The standard InChI is InChI=1S/C67H52Cl3FNO6/c1-44(73)77-66-41-50(27-34-60(66)67(2,3)52-13-8-5-9-14-52)40-58-57(39-49-23-28-53(29-24-49)72(74)75)56(33-36-65(58)78-55-32-35-62(69)63(70)42-55)51(37-47-21-19-46(20-22-47)18-17-45-11-6-4-7-12-45)38-48-25-30-54(31-26-48)76-43-59-61(68)15-10-16-64(59)71/h4-16,19-36,41-42H,37-40,43H2,1-3H3. The molecule has 0 aromatic heterocycles. The lowest BCUT2D eigenvalue weighted by Crippen LogP contribution is -2.21. The lowest BCUT2D eigenvalue weighted by atomic mass is 9.77. The summed E-state index contributed by atoms with van der Waals surface area (Å²) in [4.78, 5) is 24.4. The maximum atomic E-state index is 14.7. The van der Waals surface area contributed by atoms with Gasteiger partial charge in [-0.2, -0.15) is 0 Å². The Morgan fingerprint density at radius 1 is 0.577 bits per heavy atom. The monoisotopic (exact) mass is 1090 g/mol. The van der Waals surface area contributed by atoms with Gasteiger partial charge in [0.2, 0.25) is 0 Å². The van der Waals surface area contributed by atoms with Crippen LogP contribution in [0.3, 0.4) is 0 Å². The van der Waals surface area contributed by atoms with Crippen molar-refractivity contribution in [3.8, 4) is 34.8 Å². The lowest BCUT2D eigenvalue weighted by Gasteiger charge is -2.28. The molecule has 1 radical (unpaired) electrons. The van der Waals surface area contributed by atoms with E-state index in [1.54, 1.807) is 42.5 Å². The highest BCUT2D eigenvalue weighted by atomic mass is 35.5. The van der Waals surface area contributed by atoms with Crippen molar-refractivity contribution in [3.63, 3.8) is 0 Å². The van der Waals surface area contributed by atoms with E-state index in [9.17, 15) is 19.3 Å². The van der Waals surface area contributed by atoms with Crippen LogP contribution in [-0.4, -0.2) is 10.9 Å². The number of hydrogen-bond donors (Lipinski definition) is 0. The Morgan fingerprint density at radius 3 is 1.82 bits per heavy atom. The summed E-state index contributed by atoms with van der Waals surface area (Å²) in [5.41, 5.74) is 9.72. The Morgan fingerprint density at radius 2 is 1.18 bits per heavy atom. The van der Waals surface area contributed by atoms with Gasteiger partial charge >= 0.3 is 5.97 Å². The van der Waals surface area contributed by atoms with Crippen LogP contribution in [0.4, 0.5) is 10.1 Å². The number of carbonyl (C=O) groups excluding carboxylic acids is 1. The molecular weight excluding hydrogens is 1040 g/mol. The topological polar surface area (TPSA) is 87.9 Å². The second kappa shape index (κ2) is 24.9. The molecule has 0 aliphatic rings. The normalized spacial score (nSPS) is 11.2. The first kappa shape index (κ1) is 54.6. The summed E-state index contributed by atoms with van der Waals surface area (Å²) in [7, 11) is 0. The fourth-order valence-corrected chi connectivity index (χ4v) is 9.90. The van der Waals surface area contributed by atoms with Crippen LogP contribution in [-0.2, 0) is 42.5 Å². The molecular formula is C67H52Cl3FNO6. The largest absolute Gasteiger partial charge is 0.489 e. The number of ether oxygens (including phenoxy) is 3. The smallest absolute Gasteiger partial charge is 0.308 e. The van der Waals surface area contributed by atoms with Crippen LogP contribution in [0.1, 0.15) is 87.5 Å².